The van der Waals surface area contributed by atoms with Crippen LogP contribution in [0.2, 0.25) is 5.15 Å². The Morgan fingerprint density at radius 3 is 2.57 bits per heavy atom. The molecule has 3 nitrogen and oxygen atoms in total. The van der Waals surface area contributed by atoms with Crippen LogP contribution >= 0.6 is 38.9 Å². The largest absolute Gasteiger partial charge is 0.497 e. The fourth-order valence-electron chi connectivity index (χ4n) is 2.06. The molecule has 0 saturated heterocycles. The van der Waals surface area contributed by atoms with Crippen molar-refractivity contribution >= 4 is 49.8 Å². The molecule has 0 aliphatic rings. The normalized spacial score (nSPS) is 11.1. The number of aryl methyl sites for hydroxylation is 2. The first-order valence-corrected chi connectivity index (χ1v) is 8.26. The lowest BCUT2D eigenvalue weighted by molar-refractivity contribution is 0.415. The number of hydrogen-bond acceptors (Lipinski definition) is 4. The Hall–Kier alpha value is -1.17. The van der Waals surface area contributed by atoms with Crippen molar-refractivity contribution < 1.29 is 4.74 Å². The maximum atomic E-state index is 6.34. The van der Waals surface area contributed by atoms with E-state index in [0.29, 0.717) is 11.0 Å². The van der Waals surface area contributed by atoms with E-state index in [1.165, 1.54) is 10.4 Å². The molecule has 0 spiro atoms. The zero-order valence-corrected chi connectivity index (χ0v) is 14.9. The summed E-state index contributed by atoms with van der Waals surface area (Å²) < 4.78 is 6.11. The van der Waals surface area contributed by atoms with Crippen LogP contribution in [0.3, 0.4) is 0 Å². The Bertz CT molecular complexity index is 828. The molecule has 2 heterocycles. The number of aromatic nitrogens is 2. The summed E-state index contributed by atoms with van der Waals surface area (Å²) >= 11 is 11.5. The van der Waals surface area contributed by atoms with E-state index in [-0.39, 0.29) is 0 Å². The lowest BCUT2D eigenvalue weighted by Gasteiger charge is -2.07. The van der Waals surface area contributed by atoms with Gasteiger partial charge >= 0.3 is 0 Å². The Kier molecular flexibility index (Phi) is 3.90. The number of halogens is 2. The summed E-state index contributed by atoms with van der Waals surface area (Å²) in [5.41, 5.74) is 2.00. The number of thiophene rings is 1. The number of fused-ring (bicyclic) bond motifs is 1. The van der Waals surface area contributed by atoms with Gasteiger partial charge in [0.1, 0.15) is 10.9 Å². The van der Waals surface area contributed by atoms with Gasteiger partial charge in [-0.05, 0) is 47.5 Å². The van der Waals surface area contributed by atoms with Gasteiger partial charge in [0, 0.05) is 15.4 Å². The second-order valence-electron chi connectivity index (χ2n) is 4.69. The number of ether oxygens (including phenoxy) is 1. The SMILES string of the molecule is COc1cc(Br)c2c(Cl)nc(-c3cc(C)c(C)s3)nc2c1. The van der Waals surface area contributed by atoms with Crippen molar-refractivity contribution in [2.24, 2.45) is 0 Å². The van der Waals surface area contributed by atoms with Crippen LogP contribution in [0.25, 0.3) is 21.6 Å². The molecular weight excluding hydrogens is 372 g/mol. The fourth-order valence-corrected chi connectivity index (χ4v) is 4.04. The number of methoxy groups -OCH3 is 1. The molecule has 0 radical (unpaired) electrons. The minimum Gasteiger partial charge on any atom is -0.497 e. The molecule has 1 aromatic carbocycles. The van der Waals surface area contributed by atoms with Crippen molar-refractivity contribution in [3.8, 4) is 16.5 Å². The van der Waals surface area contributed by atoms with Gasteiger partial charge < -0.3 is 4.74 Å². The van der Waals surface area contributed by atoms with Crippen LogP contribution in [-0.4, -0.2) is 17.1 Å². The second-order valence-corrected chi connectivity index (χ2v) is 7.16. The van der Waals surface area contributed by atoms with E-state index >= 15 is 0 Å². The second kappa shape index (κ2) is 5.55. The zero-order chi connectivity index (χ0) is 15.1. The Labute approximate surface area is 140 Å². The number of benzene rings is 1. The standard InChI is InChI=1S/C15H12BrClN2OS/c1-7-4-12(21-8(7)2)15-18-11-6-9(20-3)5-10(16)13(11)14(17)19-15/h4-6H,1-3H3. The van der Waals surface area contributed by atoms with Gasteiger partial charge in [-0.1, -0.05) is 11.6 Å². The van der Waals surface area contributed by atoms with E-state index in [9.17, 15) is 0 Å². The molecule has 108 valence electrons. The van der Waals surface area contributed by atoms with E-state index in [1.807, 2.05) is 12.1 Å². The van der Waals surface area contributed by atoms with Crippen molar-refractivity contribution in [2.75, 3.05) is 7.11 Å². The quantitative estimate of drug-likeness (QED) is 0.556. The molecule has 0 unspecified atom stereocenters. The van der Waals surface area contributed by atoms with E-state index in [1.54, 1.807) is 18.4 Å². The first-order chi connectivity index (χ1) is 9.99. The summed E-state index contributed by atoms with van der Waals surface area (Å²) in [4.78, 5) is 11.4. The van der Waals surface area contributed by atoms with Crippen molar-refractivity contribution in [1.82, 2.24) is 9.97 Å². The molecule has 2 aromatic heterocycles. The number of hydrogen-bond donors (Lipinski definition) is 0. The zero-order valence-electron chi connectivity index (χ0n) is 11.7. The summed E-state index contributed by atoms with van der Waals surface area (Å²) in [6.45, 7) is 4.17. The smallest absolute Gasteiger partial charge is 0.171 e. The van der Waals surface area contributed by atoms with E-state index < -0.39 is 0 Å². The van der Waals surface area contributed by atoms with Crippen molar-refractivity contribution in [3.63, 3.8) is 0 Å². The third kappa shape index (κ3) is 2.65. The third-order valence-electron chi connectivity index (χ3n) is 3.30. The van der Waals surface area contributed by atoms with Crippen LogP contribution in [0.4, 0.5) is 0 Å². The fraction of sp³-hybridized carbons (Fsp3) is 0.200. The monoisotopic (exact) mass is 382 g/mol. The molecule has 0 N–H and O–H groups in total. The van der Waals surface area contributed by atoms with Crippen LogP contribution in [0.15, 0.2) is 22.7 Å². The predicted molar refractivity (Wildman–Crippen MR) is 91.6 cm³/mol. The van der Waals surface area contributed by atoms with Gasteiger partial charge in [0.05, 0.1) is 22.9 Å². The van der Waals surface area contributed by atoms with Gasteiger partial charge in [0.2, 0.25) is 0 Å². The summed E-state index contributed by atoms with van der Waals surface area (Å²) in [5.74, 6) is 1.38. The van der Waals surface area contributed by atoms with Crippen LogP contribution in [0.1, 0.15) is 10.4 Å². The Morgan fingerprint density at radius 1 is 1.19 bits per heavy atom. The Morgan fingerprint density at radius 2 is 1.95 bits per heavy atom. The minimum atomic E-state index is 0.438. The van der Waals surface area contributed by atoms with Gasteiger partial charge in [0.15, 0.2) is 5.82 Å². The molecule has 0 aliphatic heterocycles. The van der Waals surface area contributed by atoms with Crippen LogP contribution < -0.4 is 4.74 Å². The van der Waals surface area contributed by atoms with Crippen molar-refractivity contribution in [2.45, 2.75) is 13.8 Å². The predicted octanol–water partition coefficient (Wildman–Crippen LogP) is 5.40. The van der Waals surface area contributed by atoms with Crippen LogP contribution in [-0.2, 0) is 0 Å². The number of nitrogens with zero attached hydrogens (tertiary/aromatic N) is 2. The first-order valence-electron chi connectivity index (χ1n) is 6.28. The first kappa shape index (κ1) is 14.8. The lowest BCUT2D eigenvalue weighted by Crippen LogP contribution is -1.92. The molecule has 0 saturated carbocycles. The summed E-state index contributed by atoms with van der Waals surface area (Å²) in [6, 6.07) is 5.81. The van der Waals surface area contributed by atoms with Crippen LogP contribution in [0.5, 0.6) is 5.75 Å². The highest BCUT2D eigenvalue weighted by atomic mass is 79.9. The van der Waals surface area contributed by atoms with Gasteiger partial charge in [0.25, 0.3) is 0 Å². The molecule has 21 heavy (non-hydrogen) atoms. The molecule has 0 bridgehead atoms. The van der Waals surface area contributed by atoms with Crippen LogP contribution in [0, 0.1) is 13.8 Å². The highest BCUT2D eigenvalue weighted by molar-refractivity contribution is 9.10. The maximum Gasteiger partial charge on any atom is 0.171 e. The molecule has 3 rings (SSSR count). The molecule has 3 aromatic rings. The average Bonchev–Trinajstić information content (AvgIpc) is 2.77. The molecule has 0 fully saturated rings. The molecule has 0 aliphatic carbocycles. The van der Waals surface area contributed by atoms with Gasteiger partial charge in [-0.25, -0.2) is 9.97 Å². The molecular formula is C15H12BrClN2OS. The van der Waals surface area contributed by atoms with Crippen molar-refractivity contribution in [1.29, 1.82) is 0 Å². The van der Waals surface area contributed by atoms with E-state index in [4.69, 9.17) is 16.3 Å². The highest BCUT2D eigenvalue weighted by Gasteiger charge is 2.14. The average molecular weight is 384 g/mol. The number of rotatable bonds is 2. The highest BCUT2D eigenvalue weighted by Crippen LogP contribution is 2.35. The molecule has 0 amide bonds. The summed E-state index contributed by atoms with van der Waals surface area (Å²) in [5, 5.41) is 1.24. The maximum absolute atomic E-state index is 6.34. The molecule has 6 heteroatoms. The topological polar surface area (TPSA) is 35.0 Å². The molecule has 0 atom stereocenters. The van der Waals surface area contributed by atoms with E-state index in [0.717, 1.165) is 26.0 Å². The Balaban J connectivity index is 2.26. The van der Waals surface area contributed by atoms with Gasteiger partial charge in [-0.15, -0.1) is 11.3 Å². The van der Waals surface area contributed by atoms with Crippen molar-refractivity contribution in [3.05, 3.63) is 38.3 Å². The van der Waals surface area contributed by atoms with E-state index in [2.05, 4.69) is 45.8 Å². The van der Waals surface area contributed by atoms with Gasteiger partial charge in [-0.3, -0.25) is 0 Å². The minimum absolute atomic E-state index is 0.438. The summed E-state index contributed by atoms with van der Waals surface area (Å²) in [7, 11) is 1.63. The lowest BCUT2D eigenvalue weighted by atomic mass is 10.2. The van der Waals surface area contributed by atoms with Gasteiger partial charge in [-0.2, -0.15) is 0 Å². The summed E-state index contributed by atoms with van der Waals surface area (Å²) in [6.07, 6.45) is 0. The third-order valence-corrected chi connectivity index (χ3v) is 5.35.